The van der Waals surface area contributed by atoms with Gasteiger partial charge in [0.2, 0.25) is 5.91 Å². The van der Waals surface area contributed by atoms with E-state index in [0.717, 1.165) is 31.0 Å². The number of rotatable bonds is 15. The number of nitrogens with one attached hydrogen (secondary N) is 2. The maximum Gasteiger partial charge on any atom is 0.253 e. The Labute approximate surface area is 250 Å². The van der Waals surface area contributed by atoms with E-state index in [0.29, 0.717) is 35.7 Å². The van der Waals surface area contributed by atoms with E-state index < -0.39 is 29.7 Å². The van der Waals surface area contributed by atoms with E-state index in [9.17, 15) is 28.3 Å². The van der Waals surface area contributed by atoms with Gasteiger partial charge in [0.1, 0.15) is 17.4 Å². The van der Waals surface area contributed by atoms with Crippen molar-refractivity contribution in [3.63, 3.8) is 0 Å². The first kappa shape index (κ1) is 33.4. The monoisotopic (exact) mass is 598 g/mol. The molecule has 1 aromatic heterocycles. The lowest BCUT2D eigenvalue weighted by Crippen LogP contribution is -2.46. The topological polar surface area (TPSA) is 125 Å². The first-order chi connectivity index (χ1) is 20.5. The van der Waals surface area contributed by atoms with Gasteiger partial charge in [0.05, 0.1) is 24.3 Å². The summed E-state index contributed by atoms with van der Waals surface area (Å²) in [6.07, 6.45) is 0.354. The third-order valence-corrected chi connectivity index (χ3v) is 6.79. The Morgan fingerprint density at radius 1 is 0.953 bits per heavy atom. The van der Waals surface area contributed by atoms with Crippen molar-refractivity contribution >= 4 is 17.7 Å². The average Bonchev–Trinajstić information content (AvgIpc) is 3.35. The summed E-state index contributed by atoms with van der Waals surface area (Å²) in [4.78, 5) is 40.7. The van der Waals surface area contributed by atoms with Crippen LogP contribution in [0.3, 0.4) is 0 Å². The van der Waals surface area contributed by atoms with E-state index in [2.05, 4.69) is 15.8 Å². The van der Waals surface area contributed by atoms with Gasteiger partial charge in [0.25, 0.3) is 11.8 Å². The van der Waals surface area contributed by atoms with Crippen LogP contribution in [0.1, 0.15) is 76.4 Å². The molecule has 2 unspecified atom stereocenters. The van der Waals surface area contributed by atoms with Crippen molar-refractivity contribution in [2.45, 2.75) is 71.9 Å². The SMILES string of the molecule is CCCN(CCC)C(=O)c1cc(C)cc(C(=O)NC(Cc2cc(F)cc(F)c2)C(O)CCNC(=O)Cc2cc(C)no2)c1. The Kier molecular flexibility index (Phi) is 12.4. The normalized spacial score (nSPS) is 12.4. The van der Waals surface area contributed by atoms with Crippen LogP contribution in [0.15, 0.2) is 47.0 Å². The maximum absolute atomic E-state index is 13.9. The second-order valence-corrected chi connectivity index (χ2v) is 10.8. The van der Waals surface area contributed by atoms with Gasteiger partial charge >= 0.3 is 0 Å². The Morgan fingerprint density at radius 2 is 1.60 bits per heavy atom. The summed E-state index contributed by atoms with van der Waals surface area (Å²) in [6.45, 7) is 8.76. The highest BCUT2D eigenvalue weighted by Crippen LogP contribution is 2.17. The zero-order chi connectivity index (χ0) is 31.5. The number of benzene rings is 2. The lowest BCUT2D eigenvalue weighted by molar-refractivity contribution is -0.120. The molecule has 0 radical (unpaired) electrons. The van der Waals surface area contributed by atoms with Crippen molar-refractivity contribution in [2.24, 2.45) is 0 Å². The van der Waals surface area contributed by atoms with Crippen LogP contribution in [-0.4, -0.2) is 64.7 Å². The number of hydrogen-bond acceptors (Lipinski definition) is 6. The smallest absolute Gasteiger partial charge is 0.253 e. The average molecular weight is 599 g/mol. The zero-order valence-corrected chi connectivity index (χ0v) is 25.1. The van der Waals surface area contributed by atoms with Gasteiger partial charge in [-0.2, -0.15) is 0 Å². The van der Waals surface area contributed by atoms with Crippen LogP contribution in [0, 0.1) is 25.5 Å². The molecule has 0 aliphatic heterocycles. The number of carbonyl (C=O) groups excluding carboxylic acids is 3. The number of halogens is 2. The fourth-order valence-corrected chi connectivity index (χ4v) is 4.87. The number of nitrogens with zero attached hydrogens (tertiary/aromatic N) is 2. The van der Waals surface area contributed by atoms with Crippen LogP contribution >= 0.6 is 0 Å². The molecular weight excluding hydrogens is 558 g/mol. The molecule has 3 N–H and O–H groups in total. The maximum atomic E-state index is 13.9. The van der Waals surface area contributed by atoms with E-state index in [-0.39, 0.29) is 48.7 Å². The molecule has 2 aromatic carbocycles. The van der Waals surface area contributed by atoms with Gasteiger partial charge in [-0.05, 0) is 81.0 Å². The van der Waals surface area contributed by atoms with Crippen LogP contribution < -0.4 is 10.6 Å². The van der Waals surface area contributed by atoms with Crippen molar-refractivity contribution in [2.75, 3.05) is 19.6 Å². The fourth-order valence-electron chi connectivity index (χ4n) is 4.87. The van der Waals surface area contributed by atoms with Crippen LogP contribution in [0.2, 0.25) is 0 Å². The zero-order valence-electron chi connectivity index (χ0n) is 25.1. The molecule has 3 amide bonds. The van der Waals surface area contributed by atoms with E-state index in [4.69, 9.17) is 4.52 Å². The van der Waals surface area contributed by atoms with Crippen LogP contribution in [0.4, 0.5) is 8.78 Å². The number of aliphatic hydroxyl groups excluding tert-OH is 1. The van der Waals surface area contributed by atoms with Gasteiger partial charge in [-0.25, -0.2) is 8.78 Å². The summed E-state index contributed by atoms with van der Waals surface area (Å²) in [5.74, 6) is -2.24. The molecule has 43 heavy (non-hydrogen) atoms. The van der Waals surface area contributed by atoms with Crippen LogP contribution in [0.5, 0.6) is 0 Å². The van der Waals surface area contributed by atoms with Gasteiger partial charge in [-0.1, -0.05) is 19.0 Å². The minimum absolute atomic E-state index is 0.0258. The van der Waals surface area contributed by atoms with Crippen molar-refractivity contribution in [1.82, 2.24) is 20.7 Å². The summed E-state index contributed by atoms with van der Waals surface area (Å²) >= 11 is 0. The minimum atomic E-state index is -1.18. The minimum Gasteiger partial charge on any atom is -0.391 e. The van der Waals surface area contributed by atoms with Gasteiger partial charge in [0.15, 0.2) is 0 Å². The first-order valence-corrected chi connectivity index (χ1v) is 14.5. The molecule has 3 rings (SSSR count). The molecule has 0 aliphatic carbocycles. The highest BCUT2D eigenvalue weighted by molar-refractivity contribution is 6.00. The lowest BCUT2D eigenvalue weighted by Gasteiger charge is -2.25. The number of aryl methyl sites for hydroxylation is 2. The molecule has 0 saturated heterocycles. The van der Waals surface area contributed by atoms with Crippen molar-refractivity contribution in [3.8, 4) is 0 Å². The van der Waals surface area contributed by atoms with Crippen molar-refractivity contribution in [1.29, 1.82) is 0 Å². The molecule has 0 aliphatic rings. The fraction of sp³-hybridized carbons (Fsp3) is 0.438. The molecule has 0 bridgehead atoms. The lowest BCUT2D eigenvalue weighted by atomic mass is 9.97. The second-order valence-electron chi connectivity index (χ2n) is 10.8. The molecule has 0 spiro atoms. The largest absolute Gasteiger partial charge is 0.391 e. The standard InChI is InChI=1S/C32H40F2N4O5/c1-5-9-38(10-6-2)32(42)24-12-20(3)11-23(17-24)31(41)36-28(16-22-14-25(33)18-26(34)15-22)29(39)7-8-35-30(40)19-27-13-21(4)37-43-27/h11-15,17-18,28-29,39H,5-10,16,19H2,1-4H3,(H,35,40)(H,36,41). The van der Waals surface area contributed by atoms with Crippen LogP contribution in [0.25, 0.3) is 0 Å². The number of hydrogen-bond donors (Lipinski definition) is 3. The summed E-state index contributed by atoms with van der Waals surface area (Å²) in [7, 11) is 0. The van der Waals surface area contributed by atoms with Gasteiger partial charge in [-0.3, -0.25) is 14.4 Å². The summed E-state index contributed by atoms with van der Waals surface area (Å²) in [6, 6.07) is 8.57. The van der Waals surface area contributed by atoms with E-state index in [1.54, 1.807) is 36.9 Å². The van der Waals surface area contributed by atoms with Crippen molar-refractivity contribution < 1.29 is 32.8 Å². The molecule has 9 nitrogen and oxygen atoms in total. The highest BCUT2D eigenvalue weighted by atomic mass is 19.1. The van der Waals surface area contributed by atoms with Gasteiger partial charge in [-0.15, -0.1) is 0 Å². The van der Waals surface area contributed by atoms with E-state index >= 15 is 0 Å². The predicted molar refractivity (Wildman–Crippen MR) is 158 cm³/mol. The molecule has 1 heterocycles. The van der Waals surface area contributed by atoms with E-state index in [1.807, 2.05) is 13.8 Å². The summed E-state index contributed by atoms with van der Waals surface area (Å²) in [5, 5.41) is 20.3. The molecule has 3 aromatic rings. The Bertz CT molecular complexity index is 1380. The second kappa shape index (κ2) is 15.9. The van der Waals surface area contributed by atoms with E-state index in [1.165, 1.54) is 6.07 Å². The number of aliphatic hydroxyl groups is 1. The number of carbonyl (C=O) groups is 3. The number of aromatic nitrogens is 1. The summed E-state index contributed by atoms with van der Waals surface area (Å²) < 4.78 is 32.9. The third kappa shape index (κ3) is 10.3. The molecular formula is C32H40F2N4O5. The summed E-state index contributed by atoms with van der Waals surface area (Å²) in [5.41, 5.74) is 2.19. The Hall–Kier alpha value is -4.12. The number of amides is 3. The van der Waals surface area contributed by atoms with Gasteiger partial charge < -0.3 is 25.2 Å². The molecule has 11 heteroatoms. The predicted octanol–water partition coefficient (Wildman–Crippen LogP) is 4.28. The molecule has 232 valence electrons. The van der Waals surface area contributed by atoms with Crippen molar-refractivity contribution in [3.05, 3.63) is 87.8 Å². The van der Waals surface area contributed by atoms with Gasteiger partial charge in [0, 0.05) is 42.9 Å². The third-order valence-electron chi connectivity index (χ3n) is 6.79. The van der Waals surface area contributed by atoms with Crippen LogP contribution in [-0.2, 0) is 17.6 Å². The highest BCUT2D eigenvalue weighted by Gasteiger charge is 2.25. The Morgan fingerprint density at radius 3 is 2.21 bits per heavy atom. The molecule has 0 saturated carbocycles. The first-order valence-electron chi connectivity index (χ1n) is 14.5. The molecule has 0 fully saturated rings. The quantitative estimate of drug-likeness (QED) is 0.240. The Balaban J connectivity index is 1.76. The molecule has 2 atom stereocenters.